The molecule has 4 heterocycles. The first kappa shape index (κ1) is 34.9. The molecule has 1 amide bonds. The molecule has 1 aromatic heterocycles. The van der Waals surface area contributed by atoms with E-state index in [4.69, 9.17) is 14.2 Å². The Morgan fingerprint density at radius 3 is 2.41 bits per heavy atom. The third-order valence-corrected chi connectivity index (χ3v) is 10.3. The van der Waals surface area contributed by atoms with Gasteiger partial charge in [-0.2, -0.15) is 0 Å². The van der Waals surface area contributed by atoms with E-state index in [1.54, 1.807) is 13.8 Å². The van der Waals surface area contributed by atoms with Crippen molar-refractivity contribution in [1.82, 2.24) is 19.9 Å². The number of thioether (sulfide) groups is 1. The molecule has 17 heteroatoms. The highest BCUT2D eigenvalue weighted by Crippen LogP contribution is 2.46. The minimum absolute atomic E-state index is 0.0322. The van der Waals surface area contributed by atoms with E-state index in [0.29, 0.717) is 0 Å². The minimum Gasteiger partial charge on any atom is -0.394 e. The molecule has 5 rings (SSSR count). The van der Waals surface area contributed by atoms with Crippen LogP contribution in [0.1, 0.15) is 45.6 Å². The van der Waals surface area contributed by atoms with Gasteiger partial charge in [-0.1, -0.05) is 5.21 Å². The van der Waals surface area contributed by atoms with E-state index in [2.05, 4.69) is 10.3 Å². The maximum absolute atomic E-state index is 14.0. The van der Waals surface area contributed by atoms with Gasteiger partial charge in [0, 0.05) is 51.4 Å². The molecule has 0 saturated carbocycles. The highest BCUT2D eigenvalue weighted by molar-refractivity contribution is 8.01. The lowest BCUT2D eigenvalue weighted by Crippen LogP contribution is -2.61. The van der Waals surface area contributed by atoms with Crippen LogP contribution in [-0.4, -0.2) is 121 Å². The molecular weight excluding hydrogens is 643 g/mol. The van der Waals surface area contributed by atoms with Gasteiger partial charge in [-0.25, -0.2) is 26.6 Å². The topological polar surface area (TPSA) is 139 Å². The average molecular weight is 681 g/mol. The van der Waals surface area contributed by atoms with Gasteiger partial charge in [0.1, 0.15) is 40.7 Å². The van der Waals surface area contributed by atoms with Gasteiger partial charge < -0.3 is 34.4 Å². The summed E-state index contributed by atoms with van der Waals surface area (Å²) in [5.74, 6) is -8.03. The Bertz CT molecular complexity index is 1390. The minimum atomic E-state index is -2.91. The predicted octanol–water partition coefficient (Wildman–Crippen LogP) is 2.68. The number of aliphatic hydroxyl groups is 3. The predicted molar refractivity (Wildman–Crippen MR) is 153 cm³/mol. The van der Waals surface area contributed by atoms with Crippen molar-refractivity contribution >= 4 is 17.7 Å². The zero-order valence-electron chi connectivity index (χ0n) is 25.4. The van der Waals surface area contributed by atoms with E-state index in [0.717, 1.165) is 28.6 Å². The van der Waals surface area contributed by atoms with Crippen LogP contribution in [0.5, 0.6) is 0 Å². The van der Waals surface area contributed by atoms with Crippen LogP contribution in [-0.2, 0) is 19.0 Å². The number of benzene rings is 1. The van der Waals surface area contributed by atoms with Gasteiger partial charge >= 0.3 is 0 Å². The second-order valence-corrected chi connectivity index (χ2v) is 13.8. The van der Waals surface area contributed by atoms with E-state index < -0.39 is 95.0 Å². The third-order valence-electron chi connectivity index (χ3n) is 8.74. The number of piperidine rings is 1. The van der Waals surface area contributed by atoms with Crippen molar-refractivity contribution in [2.75, 3.05) is 33.4 Å². The Balaban J connectivity index is 1.48. The summed E-state index contributed by atoms with van der Waals surface area (Å²) in [6.07, 6.45) is -3.54. The van der Waals surface area contributed by atoms with Crippen LogP contribution < -0.4 is 0 Å². The van der Waals surface area contributed by atoms with Gasteiger partial charge in [-0.05, 0) is 26.0 Å². The fraction of sp³-hybridized carbons (Fsp3) is 0.690. The van der Waals surface area contributed by atoms with Crippen molar-refractivity contribution in [2.24, 2.45) is 0 Å². The smallest absolute Gasteiger partial charge is 0.251 e. The Hall–Kier alpha value is -2.41. The number of carbonyl (C=O) groups excluding carboxylic acids is 1. The van der Waals surface area contributed by atoms with Crippen molar-refractivity contribution in [3.05, 3.63) is 35.8 Å². The first-order valence-electron chi connectivity index (χ1n) is 14.8. The number of alkyl halides is 2. The quantitative estimate of drug-likeness (QED) is 0.282. The summed E-state index contributed by atoms with van der Waals surface area (Å²) >= 11 is 0.878. The van der Waals surface area contributed by atoms with Gasteiger partial charge in [0.2, 0.25) is 5.91 Å². The molecule has 2 aromatic rings. The van der Waals surface area contributed by atoms with Crippen molar-refractivity contribution in [1.29, 1.82) is 0 Å². The highest BCUT2D eigenvalue weighted by atomic mass is 32.2. The van der Waals surface area contributed by atoms with Crippen molar-refractivity contribution < 1.29 is 56.3 Å². The molecule has 3 aliphatic rings. The molecule has 0 aliphatic carbocycles. The van der Waals surface area contributed by atoms with Crippen molar-refractivity contribution in [3.63, 3.8) is 0 Å². The lowest BCUT2D eigenvalue weighted by molar-refractivity contribution is -0.187. The van der Waals surface area contributed by atoms with E-state index >= 15 is 0 Å². The molecular formula is C29H37F5N4O7S. The van der Waals surface area contributed by atoms with Crippen molar-refractivity contribution in [3.8, 4) is 11.3 Å². The second kappa shape index (κ2) is 13.2. The molecule has 0 unspecified atom stereocenters. The van der Waals surface area contributed by atoms with Crippen LogP contribution in [0.15, 0.2) is 18.3 Å². The molecule has 3 N–H and O–H groups in total. The van der Waals surface area contributed by atoms with Crippen LogP contribution in [0.2, 0.25) is 0 Å². The number of hydrogen-bond acceptors (Lipinski definition) is 10. The third kappa shape index (κ3) is 7.05. The standard InChI is InChI=1S/C29H37F5N4O7S/c1-27(2)14-28(42,6-9-44-27)24(25(41)37-7-4-29(33,34)5-8-37)46-26-23(43-3)21(22(40)19(13-39)45-26)38-12-18(35-36-38)15-10-16(30)20(32)17(31)11-15/h10-12,19,21-24,26,39-40,42H,4-9,13-14H2,1-3H3/t19-,21+,22+,23-,24-,26+,28-/m1/s1. The monoisotopic (exact) mass is 680 g/mol. The van der Waals surface area contributed by atoms with Crippen molar-refractivity contribution in [2.45, 2.75) is 91.7 Å². The summed E-state index contributed by atoms with van der Waals surface area (Å²) in [6.45, 7) is 2.53. The average Bonchev–Trinajstić information content (AvgIpc) is 3.47. The Labute approximate surface area is 266 Å². The number of amides is 1. The maximum Gasteiger partial charge on any atom is 0.251 e. The molecule has 46 heavy (non-hydrogen) atoms. The van der Waals surface area contributed by atoms with Crippen LogP contribution in [0.25, 0.3) is 11.3 Å². The molecule has 0 bridgehead atoms. The number of likely N-dealkylation sites (tertiary alicyclic amines) is 1. The molecule has 3 fully saturated rings. The zero-order valence-corrected chi connectivity index (χ0v) is 26.2. The highest BCUT2D eigenvalue weighted by Gasteiger charge is 2.55. The first-order valence-corrected chi connectivity index (χ1v) is 15.7. The number of methoxy groups -OCH3 is 1. The number of aromatic nitrogens is 3. The lowest BCUT2D eigenvalue weighted by Gasteiger charge is -2.49. The maximum atomic E-state index is 14.0. The largest absolute Gasteiger partial charge is 0.394 e. The number of carbonyl (C=O) groups is 1. The number of nitrogens with zero attached hydrogens (tertiary/aromatic N) is 4. The molecule has 3 aliphatic heterocycles. The summed E-state index contributed by atoms with van der Waals surface area (Å²) in [5, 5.41) is 40.0. The summed E-state index contributed by atoms with van der Waals surface area (Å²) < 4.78 is 88.1. The van der Waals surface area contributed by atoms with Gasteiger partial charge in [0.15, 0.2) is 17.5 Å². The normalized spacial score (nSPS) is 31.9. The molecule has 1 aromatic carbocycles. The van der Waals surface area contributed by atoms with Crippen LogP contribution >= 0.6 is 11.8 Å². The number of hydrogen-bond donors (Lipinski definition) is 3. The summed E-state index contributed by atoms with van der Waals surface area (Å²) in [4.78, 5) is 15.3. The van der Waals surface area contributed by atoms with Gasteiger partial charge in [-0.3, -0.25) is 4.79 Å². The molecule has 256 valence electrons. The number of halogens is 5. The first-order chi connectivity index (χ1) is 21.6. The SMILES string of the molecule is CO[C@@H]1[C@@H](n2cc(-c3cc(F)c(F)c(F)c3)nn2)[C@@H](O)[C@@H](CO)O[C@H]1S[C@H](C(=O)N1CCC(F)(F)CC1)[C@@]1(O)CCOC(C)(C)C1. The second-order valence-electron chi connectivity index (χ2n) is 12.6. The van der Waals surface area contributed by atoms with E-state index in [-0.39, 0.29) is 43.8 Å². The Kier molecular flexibility index (Phi) is 10.0. The lowest BCUT2D eigenvalue weighted by atomic mass is 9.81. The van der Waals surface area contributed by atoms with E-state index in [1.165, 1.54) is 18.2 Å². The Morgan fingerprint density at radius 2 is 1.83 bits per heavy atom. The van der Waals surface area contributed by atoms with Gasteiger partial charge in [-0.15, -0.1) is 16.9 Å². The van der Waals surface area contributed by atoms with Crippen LogP contribution in [0.3, 0.4) is 0 Å². The van der Waals surface area contributed by atoms with Gasteiger partial charge in [0.25, 0.3) is 5.92 Å². The Morgan fingerprint density at radius 1 is 1.17 bits per heavy atom. The van der Waals surface area contributed by atoms with Gasteiger partial charge in [0.05, 0.1) is 30.6 Å². The molecule has 11 nitrogen and oxygen atoms in total. The molecule has 0 radical (unpaired) electrons. The fourth-order valence-corrected chi connectivity index (χ4v) is 7.98. The number of aliphatic hydroxyl groups excluding tert-OH is 2. The van der Waals surface area contributed by atoms with E-state index in [9.17, 15) is 42.1 Å². The fourth-order valence-electron chi connectivity index (χ4n) is 6.36. The van der Waals surface area contributed by atoms with E-state index in [1.807, 2.05) is 0 Å². The zero-order chi connectivity index (χ0) is 33.6. The molecule has 3 saturated heterocycles. The number of rotatable bonds is 8. The summed E-state index contributed by atoms with van der Waals surface area (Å²) in [5.41, 5.74) is -3.82. The summed E-state index contributed by atoms with van der Waals surface area (Å²) in [7, 11) is 1.30. The van der Waals surface area contributed by atoms with Crippen LogP contribution in [0, 0.1) is 17.5 Å². The molecule has 0 spiro atoms. The number of ether oxygens (including phenoxy) is 3. The summed E-state index contributed by atoms with van der Waals surface area (Å²) in [6, 6.07) is 0.327. The molecule has 7 atom stereocenters. The van der Waals surface area contributed by atoms with Crippen LogP contribution in [0.4, 0.5) is 22.0 Å².